The van der Waals surface area contributed by atoms with Crippen molar-refractivity contribution in [2.24, 2.45) is 16.5 Å². The molecule has 1 atom stereocenters. The van der Waals surface area contributed by atoms with Crippen molar-refractivity contribution in [1.29, 1.82) is 0 Å². The van der Waals surface area contributed by atoms with Crippen LogP contribution in [0.15, 0.2) is 29.3 Å². The van der Waals surface area contributed by atoms with Gasteiger partial charge in [-0.2, -0.15) is 0 Å². The summed E-state index contributed by atoms with van der Waals surface area (Å²) >= 11 is 0. The first-order valence-electron chi connectivity index (χ1n) is 6.42. The molecule has 120 valence electrons. The quantitative estimate of drug-likeness (QED) is 0.0753. The number of hydrogen-bond acceptors (Lipinski definition) is 7. The summed E-state index contributed by atoms with van der Waals surface area (Å²) in [7, 11) is 0. The number of hydrogen-bond donors (Lipinski definition) is 4. The minimum Gasteiger partial charge on any atom is -0.425 e. The first-order chi connectivity index (χ1) is 10.4. The van der Waals surface area contributed by atoms with E-state index in [0.717, 1.165) is 0 Å². The molecule has 0 aliphatic rings. The van der Waals surface area contributed by atoms with Crippen LogP contribution in [-0.4, -0.2) is 29.5 Å². The molecule has 0 aliphatic carbocycles. The van der Waals surface area contributed by atoms with Crippen molar-refractivity contribution in [3.05, 3.63) is 34.4 Å². The van der Waals surface area contributed by atoms with Gasteiger partial charge in [-0.3, -0.25) is 0 Å². The number of nitro groups is 1. The largest absolute Gasteiger partial charge is 0.425 e. The van der Waals surface area contributed by atoms with Crippen LogP contribution in [0.4, 0.5) is 5.69 Å². The van der Waals surface area contributed by atoms with Gasteiger partial charge in [0.15, 0.2) is 5.03 Å². The number of nitrogens with zero attached hydrogens (tertiary/aromatic N) is 2. The van der Waals surface area contributed by atoms with Gasteiger partial charge in [-0.1, -0.05) is 5.43 Å². The second-order valence-electron chi connectivity index (χ2n) is 4.37. The summed E-state index contributed by atoms with van der Waals surface area (Å²) in [5.74, 6) is -0.528. The van der Waals surface area contributed by atoms with E-state index in [2.05, 4.69) is 4.99 Å². The van der Waals surface area contributed by atoms with Crippen LogP contribution in [-0.2, 0) is 4.79 Å². The highest BCUT2D eigenvalue weighted by molar-refractivity contribution is 5.78. The first kappa shape index (κ1) is 17.2. The molecule has 0 aromatic heterocycles. The van der Waals surface area contributed by atoms with Gasteiger partial charge in [0, 0.05) is 12.2 Å². The van der Waals surface area contributed by atoms with Gasteiger partial charge < -0.3 is 21.9 Å². The van der Waals surface area contributed by atoms with E-state index in [1.165, 1.54) is 0 Å². The first-order valence-corrected chi connectivity index (χ1v) is 6.42. The molecule has 0 bridgehead atoms. The van der Waals surface area contributed by atoms with Crippen LogP contribution in [0.3, 0.4) is 0 Å². The Morgan fingerprint density at radius 2 is 2.05 bits per heavy atom. The Kier molecular flexibility index (Phi) is 6.57. The third-order valence-corrected chi connectivity index (χ3v) is 2.56. The number of carbonyl (C=O) groups excluding carboxylic acids is 1. The van der Waals surface area contributed by atoms with Crippen LogP contribution in [0.1, 0.15) is 12.8 Å². The Morgan fingerprint density at radius 3 is 2.64 bits per heavy atom. The Hall–Kier alpha value is -2.88. The van der Waals surface area contributed by atoms with E-state index in [4.69, 9.17) is 21.9 Å². The number of anilines is 1. The predicted molar refractivity (Wildman–Crippen MR) is 80.3 cm³/mol. The molecule has 10 heteroatoms. The maximum Gasteiger partial charge on any atom is 0.328 e. The number of guanidine groups is 1. The molecule has 1 aromatic carbocycles. The number of nitrogens with two attached hydrogens (primary N) is 3. The maximum absolute atomic E-state index is 11.7. The van der Waals surface area contributed by atoms with E-state index in [1.54, 1.807) is 29.7 Å². The normalized spacial score (nSPS) is 12.5. The topological polar surface area (TPSA) is 172 Å². The predicted octanol–water partition coefficient (Wildman–Crippen LogP) is -0.622. The monoisotopic (exact) mass is 310 g/mol. The Labute approximate surface area is 126 Å². The van der Waals surface area contributed by atoms with Crippen molar-refractivity contribution in [2.45, 2.75) is 18.9 Å². The summed E-state index contributed by atoms with van der Waals surface area (Å²) in [5, 5.41) is 9.27. The molecule has 0 saturated heterocycles. The van der Waals surface area contributed by atoms with Crippen LogP contribution in [0.2, 0.25) is 0 Å². The van der Waals surface area contributed by atoms with Crippen molar-refractivity contribution in [1.82, 2.24) is 5.43 Å². The molecule has 1 aromatic rings. The summed E-state index contributed by atoms with van der Waals surface area (Å²) < 4.78 is 5.08. The fraction of sp³-hybridized carbons (Fsp3) is 0.333. The van der Waals surface area contributed by atoms with Crippen LogP contribution in [0.5, 0.6) is 5.75 Å². The lowest BCUT2D eigenvalue weighted by Gasteiger charge is -2.10. The van der Waals surface area contributed by atoms with Crippen molar-refractivity contribution in [2.75, 3.05) is 12.3 Å². The lowest BCUT2D eigenvalue weighted by molar-refractivity contribution is -0.525. The number of nitrogen functional groups attached to an aromatic ring is 1. The number of hydrazine groups is 1. The van der Waals surface area contributed by atoms with Gasteiger partial charge in [0.05, 0.1) is 0 Å². The third-order valence-electron chi connectivity index (χ3n) is 2.56. The Balaban J connectivity index is 2.32. The summed E-state index contributed by atoms with van der Waals surface area (Å²) in [4.78, 5) is 25.5. The minimum absolute atomic E-state index is 0.204. The number of esters is 1. The van der Waals surface area contributed by atoms with Crippen LogP contribution in [0.25, 0.3) is 0 Å². The Morgan fingerprint density at radius 1 is 1.41 bits per heavy atom. The lowest BCUT2D eigenvalue weighted by atomic mass is 10.2. The van der Waals surface area contributed by atoms with Crippen molar-refractivity contribution in [3.63, 3.8) is 0 Å². The van der Waals surface area contributed by atoms with Gasteiger partial charge in [0.1, 0.15) is 11.8 Å². The molecule has 0 heterocycles. The molecule has 0 saturated carbocycles. The average Bonchev–Trinajstić information content (AvgIpc) is 2.45. The van der Waals surface area contributed by atoms with E-state index in [1.807, 2.05) is 0 Å². The van der Waals surface area contributed by atoms with E-state index in [9.17, 15) is 14.9 Å². The molecule has 0 unspecified atom stereocenters. The molecule has 1 rings (SSSR count). The zero-order chi connectivity index (χ0) is 16.5. The number of ether oxygens (including phenoxy) is 1. The fourth-order valence-electron chi connectivity index (χ4n) is 1.49. The molecule has 0 spiro atoms. The summed E-state index contributed by atoms with van der Waals surface area (Å²) in [6.07, 6.45) is 0.737. The van der Waals surface area contributed by atoms with Gasteiger partial charge in [0.2, 0.25) is 0 Å². The number of nitrogens with one attached hydrogen (secondary N) is 1. The van der Waals surface area contributed by atoms with Gasteiger partial charge in [0.25, 0.3) is 5.96 Å². The summed E-state index contributed by atoms with van der Waals surface area (Å²) in [6.45, 7) is 0.204. The Bertz CT molecular complexity index is 545. The number of benzene rings is 1. The van der Waals surface area contributed by atoms with Crippen LogP contribution >= 0.6 is 0 Å². The van der Waals surface area contributed by atoms with E-state index in [-0.39, 0.29) is 12.5 Å². The second kappa shape index (κ2) is 8.42. The molecular weight excluding hydrogens is 292 g/mol. The van der Waals surface area contributed by atoms with Gasteiger partial charge >= 0.3 is 5.97 Å². The number of carbonyl (C=O) groups is 1. The van der Waals surface area contributed by atoms with E-state index in [0.29, 0.717) is 24.3 Å². The molecule has 0 radical (unpaired) electrons. The van der Waals surface area contributed by atoms with Gasteiger partial charge in [-0.05, 0) is 37.1 Å². The molecule has 10 nitrogen and oxygen atoms in total. The van der Waals surface area contributed by atoms with Crippen molar-refractivity contribution < 1.29 is 14.6 Å². The third kappa shape index (κ3) is 6.52. The van der Waals surface area contributed by atoms with Crippen molar-refractivity contribution in [3.8, 4) is 5.75 Å². The molecule has 0 amide bonds. The zero-order valence-electron chi connectivity index (χ0n) is 11.8. The van der Waals surface area contributed by atoms with Crippen molar-refractivity contribution >= 4 is 17.6 Å². The highest BCUT2D eigenvalue weighted by Gasteiger charge is 2.15. The molecule has 0 fully saturated rings. The molecular formula is C12H18N6O4. The van der Waals surface area contributed by atoms with Gasteiger partial charge in [-0.15, -0.1) is 0 Å². The van der Waals surface area contributed by atoms with Crippen LogP contribution in [0, 0.1) is 10.1 Å². The summed E-state index contributed by atoms with van der Waals surface area (Å²) in [6, 6.07) is 5.52. The maximum atomic E-state index is 11.7. The average molecular weight is 310 g/mol. The van der Waals surface area contributed by atoms with Gasteiger partial charge in [-0.25, -0.2) is 19.9 Å². The highest BCUT2D eigenvalue weighted by atomic mass is 16.7. The second-order valence-corrected chi connectivity index (χ2v) is 4.37. The SMILES string of the molecule is NC(=NCCC[C@@H](N)C(=O)Oc1ccc(N)cc1)N[N+](=O)[O-]. The minimum atomic E-state index is -0.822. The fourth-order valence-corrected chi connectivity index (χ4v) is 1.49. The van der Waals surface area contributed by atoms with Crippen LogP contribution < -0.4 is 27.4 Å². The number of rotatable bonds is 7. The molecule has 0 aliphatic heterocycles. The van der Waals surface area contributed by atoms with E-state index < -0.39 is 17.0 Å². The standard InChI is InChI=1S/C12H18N6O4/c13-8-3-5-9(6-4-8)22-11(19)10(14)2-1-7-16-12(15)17-18(20)21/h3-6,10H,1-2,7,13-14H2,(H3,15,16,17)/t10-/m1/s1. The molecule has 22 heavy (non-hydrogen) atoms. The van der Waals surface area contributed by atoms with E-state index >= 15 is 0 Å². The zero-order valence-corrected chi connectivity index (χ0v) is 11.8. The number of aliphatic imine (C=N–C) groups is 1. The lowest BCUT2D eigenvalue weighted by Crippen LogP contribution is -2.36. The smallest absolute Gasteiger partial charge is 0.328 e. The molecule has 7 N–H and O–H groups in total. The summed E-state index contributed by atoms with van der Waals surface area (Å²) in [5.41, 5.74) is 18.7. The highest BCUT2D eigenvalue weighted by Crippen LogP contribution is 2.14.